The van der Waals surface area contributed by atoms with Gasteiger partial charge in [0, 0.05) is 22.0 Å². The molecule has 0 atom stereocenters. The molecule has 3 aromatic rings. The van der Waals surface area contributed by atoms with E-state index in [1.165, 1.54) is 31.9 Å². The molecule has 1 aliphatic heterocycles. The van der Waals surface area contributed by atoms with Crippen molar-refractivity contribution in [2.75, 3.05) is 20.3 Å². The predicted octanol–water partition coefficient (Wildman–Crippen LogP) is 5.33. The first-order chi connectivity index (χ1) is 16.2. The number of hydrogen-bond acceptors (Lipinski definition) is 5. The molecule has 1 aromatic heterocycles. The zero-order chi connectivity index (χ0) is 22.8. The Labute approximate surface area is 193 Å². The standard InChI is InChI=1S/C27H29NO5/c1-31-27(30)19-11-12-22-23(15-19)28(16-24-32-13-14-33-24)26(21-10-6-5-9-20(21)17-29)25(22)18-7-3-2-4-8-18/h5-6,9-12,15,17-18,24H,2-4,7-8,13-14,16H2,1H3. The monoisotopic (exact) mass is 447 g/mol. The largest absolute Gasteiger partial charge is 0.465 e. The molecule has 1 aliphatic carbocycles. The van der Waals surface area contributed by atoms with Crippen LogP contribution in [0.25, 0.3) is 22.2 Å². The molecule has 0 amide bonds. The third-order valence-corrected chi connectivity index (χ3v) is 6.90. The van der Waals surface area contributed by atoms with Crippen molar-refractivity contribution >= 4 is 23.2 Å². The van der Waals surface area contributed by atoms with Crippen molar-refractivity contribution in [2.24, 2.45) is 0 Å². The third-order valence-electron chi connectivity index (χ3n) is 6.90. The Morgan fingerprint density at radius 1 is 1.09 bits per heavy atom. The lowest BCUT2D eigenvalue weighted by molar-refractivity contribution is -0.0514. The van der Waals surface area contributed by atoms with E-state index in [-0.39, 0.29) is 12.3 Å². The van der Waals surface area contributed by atoms with Crippen LogP contribution in [-0.2, 0) is 20.8 Å². The summed E-state index contributed by atoms with van der Waals surface area (Å²) in [5.74, 6) is 0.0266. The van der Waals surface area contributed by atoms with Crippen LogP contribution in [0.1, 0.15) is 64.3 Å². The lowest BCUT2D eigenvalue weighted by atomic mass is 9.81. The topological polar surface area (TPSA) is 66.8 Å². The van der Waals surface area contributed by atoms with Crippen molar-refractivity contribution in [1.29, 1.82) is 0 Å². The van der Waals surface area contributed by atoms with Crippen LogP contribution in [0.5, 0.6) is 0 Å². The van der Waals surface area contributed by atoms with Crippen LogP contribution < -0.4 is 0 Å². The Morgan fingerprint density at radius 3 is 2.58 bits per heavy atom. The van der Waals surface area contributed by atoms with Gasteiger partial charge in [0.1, 0.15) is 0 Å². The molecule has 5 rings (SSSR count). The maximum absolute atomic E-state index is 12.3. The molecule has 0 N–H and O–H groups in total. The highest BCUT2D eigenvalue weighted by atomic mass is 16.7. The number of fused-ring (bicyclic) bond motifs is 1. The van der Waals surface area contributed by atoms with E-state index in [1.54, 1.807) is 0 Å². The lowest BCUT2D eigenvalue weighted by Gasteiger charge is -2.24. The van der Waals surface area contributed by atoms with Gasteiger partial charge in [0.25, 0.3) is 0 Å². The van der Waals surface area contributed by atoms with E-state index in [0.29, 0.717) is 36.8 Å². The Balaban J connectivity index is 1.80. The van der Waals surface area contributed by atoms with Crippen LogP contribution >= 0.6 is 0 Å². The van der Waals surface area contributed by atoms with Gasteiger partial charge >= 0.3 is 5.97 Å². The van der Waals surface area contributed by atoms with Crippen molar-refractivity contribution in [1.82, 2.24) is 4.57 Å². The summed E-state index contributed by atoms with van der Waals surface area (Å²) in [6.07, 6.45) is 6.43. The number of benzene rings is 2. The van der Waals surface area contributed by atoms with Crippen molar-refractivity contribution in [2.45, 2.75) is 50.9 Å². The summed E-state index contributed by atoms with van der Waals surface area (Å²) in [5, 5.41) is 1.11. The van der Waals surface area contributed by atoms with Crippen molar-refractivity contribution < 1.29 is 23.8 Å². The zero-order valence-electron chi connectivity index (χ0n) is 18.9. The lowest BCUT2D eigenvalue weighted by Crippen LogP contribution is -2.18. The fourth-order valence-corrected chi connectivity index (χ4v) is 5.38. The molecule has 2 aliphatic rings. The van der Waals surface area contributed by atoms with E-state index < -0.39 is 0 Å². The highest BCUT2D eigenvalue weighted by Crippen LogP contribution is 2.45. The summed E-state index contributed by atoms with van der Waals surface area (Å²) < 4.78 is 18.8. The number of aromatic nitrogens is 1. The van der Waals surface area contributed by atoms with Crippen LogP contribution in [-0.4, -0.2) is 43.4 Å². The van der Waals surface area contributed by atoms with E-state index in [4.69, 9.17) is 14.2 Å². The van der Waals surface area contributed by atoms with Crippen LogP contribution in [0.15, 0.2) is 42.5 Å². The molecule has 33 heavy (non-hydrogen) atoms. The third kappa shape index (κ3) is 4.09. The van der Waals surface area contributed by atoms with Crippen LogP contribution in [0.2, 0.25) is 0 Å². The number of hydrogen-bond donors (Lipinski definition) is 0. The minimum absolute atomic E-state index is 0.368. The van der Waals surface area contributed by atoms with E-state index in [0.717, 1.165) is 41.3 Å². The number of esters is 1. The number of ether oxygens (including phenoxy) is 3. The molecular weight excluding hydrogens is 418 g/mol. The van der Waals surface area contributed by atoms with Gasteiger partial charge in [-0.3, -0.25) is 4.79 Å². The van der Waals surface area contributed by atoms with Gasteiger partial charge in [-0.05, 0) is 36.5 Å². The number of aldehydes is 1. The normalized spacial score (nSPS) is 17.5. The summed E-state index contributed by atoms with van der Waals surface area (Å²) in [7, 11) is 1.39. The zero-order valence-corrected chi connectivity index (χ0v) is 18.9. The first-order valence-corrected chi connectivity index (χ1v) is 11.7. The highest BCUT2D eigenvalue weighted by molar-refractivity contribution is 6.00. The average molecular weight is 448 g/mol. The van der Waals surface area contributed by atoms with Crippen molar-refractivity contribution in [3.05, 3.63) is 59.2 Å². The molecule has 2 aromatic carbocycles. The van der Waals surface area contributed by atoms with Gasteiger partial charge in [-0.2, -0.15) is 0 Å². The molecule has 0 spiro atoms. The van der Waals surface area contributed by atoms with Gasteiger partial charge < -0.3 is 18.8 Å². The average Bonchev–Trinajstić information content (AvgIpc) is 3.50. The number of rotatable bonds is 6. The highest BCUT2D eigenvalue weighted by Gasteiger charge is 2.29. The number of carbonyl (C=O) groups excluding carboxylic acids is 2. The predicted molar refractivity (Wildman–Crippen MR) is 126 cm³/mol. The Morgan fingerprint density at radius 2 is 1.85 bits per heavy atom. The first kappa shape index (κ1) is 21.9. The summed E-state index contributed by atoms with van der Waals surface area (Å²) >= 11 is 0. The van der Waals surface area contributed by atoms with Gasteiger partial charge in [0.15, 0.2) is 12.6 Å². The molecular formula is C27H29NO5. The maximum atomic E-state index is 12.3. The minimum Gasteiger partial charge on any atom is -0.465 e. The molecule has 1 saturated carbocycles. The number of methoxy groups -OCH3 is 1. The van der Waals surface area contributed by atoms with E-state index in [9.17, 15) is 9.59 Å². The van der Waals surface area contributed by atoms with E-state index in [1.807, 2.05) is 42.5 Å². The second-order valence-corrected chi connectivity index (χ2v) is 8.81. The number of nitrogens with zero attached hydrogens (tertiary/aromatic N) is 1. The summed E-state index contributed by atoms with van der Waals surface area (Å²) in [6, 6.07) is 13.5. The summed E-state index contributed by atoms with van der Waals surface area (Å²) in [4.78, 5) is 24.4. The van der Waals surface area contributed by atoms with Crippen LogP contribution in [0.3, 0.4) is 0 Å². The van der Waals surface area contributed by atoms with Crippen molar-refractivity contribution in [3.8, 4) is 11.3 Å². The van der Waals surface area contributed by atoms with Gasteiger partial charge in [-0.15, -0.1) is 0 Å². The number of carbonyl (C=O) groups is 2. The molecule has 1 saturated heterocycles. The quantitative estimate of drug-likeness (QED) is 0.378. The van der Waals surface area contributed by atoms with Crippen LogP contribution in [0.4, 0.5) is 0 Å². The van der Waals surface area contributed by atoms with Gasteiger partial charge in [-0.1, -0.05) is 49.6 Å². The fraction of sp³-hybridized carbons (Fsp3) is 0.407. The Hall–Kier alpha value is -2.96. The molecule has 0 radical (unpaired) electrons. The van der Waals surface area contributed by atoms with Gasteiger partial charge in [0.2, 0.25) is 0 Å². The molecule has 0 bridgehead atoms. The fourth-order valence-electron chi connectivity index (χ4n) is 5.38. The van der Waals surface area contributed by atoms with Crippen LogP contribution in [0, 0.1) is 0 Å². The van der Waals surface area contributed by atoms with E-state index in [2.05, 4.69) is 4.57 Å². The SMILES string of the molecule is COC(=O)c1ccc2c(C3CCCCC3)c(-c3ccccc3C=O)n(CC3OCCO3)c2c1. The first-order valence-electron chi connectivity index (χ1n) is 11.7. The Kier molecular flexibility index (Phi) is 6.29. The molecule has 6 heteroatoms. The van der Waals surface area contributed by atoms with Gasteiger partial charge in [-0.25, -0.2) is 4.79 Å². The summed E-state index contributed by atoms with van der Waals surface area (Å²) in [6.45, 7) is 1.61. The van der Waals surface area contributed by atoms with E-state index >= 15 is 0 Å². The second-order valence-electron chi connectivity index (χ2n) is 8.81. The second kappa shape index (κ2) is 9.49. The van der Waals surface area contributed by atoms with Crippen molar-refractivity contribution in [3.63, 3.8) is 0 Å². The minimum atomic E-state index is -0.372. The molecule has 172 valence electrons. The Bertz CT molecular complexity index is 1170. The molecule has 0 unspecified atom stereocenters. The smallest absolute Gasteiger partial charge is 0.337 e. The molecule has 2 heterocycles. The molecule has 6 nitrogen and oxygen atoms in total. The maximum Gasteiger partial charge on any atom is 0.337 e. The van der Waals surface area contributed by atoms with Gasteiger partial charge in [0.05, 0.1) is 38.1 Å². The summed E-state index contributed by atoms with van der Waals surface area (Å²) in [5.41, 5.74) is 5.28. The molecule has 2 fully saturated rings.